The molecule has 0 aliphatic carbocycles. The van der Waals surface area contributed by atoms with Gasteiger partial charge in [0.2, 0.25) is 5.82 Å². The molecule has 2 aromatic heterocycles. The lowest BCUT2D eigenvalue weighted by Gasteiger charge is -2.32. The number of aryl methyl sites for hydroxylation is 1. The van der Waals surface area contributed by atoms with E-state index in [0.717, 1.165) is 37.4 Å². The Kier molecular flexibility index (Phi) is 3.81. The molecule has 0 bridgehead atoms. The summed E-state index contributed by atoms with van der Waals surface area (Å²) >= 11 is 0. The highest BCUT2D eigenvalue weighted by Crippen LogP contribution is 2.18. The molecule has 0 spiro atoms. The van der Waals surface area contributed by atoms with E-state index in [1.54, 1.807) is 18.5 Å². The predicted octanol–water partition coefficient (Wildman–Crippen LogP) is 0.907. The van der Waals surface area contributed by atoms with Crippen LogP contribution in [0.3, 0.4) is 0 Å². The van der Waals surface area contributed by atoms with E-state index in [1.165, 1.54) is 0 Å². The van der Waals surface area contributed by atoms with E-state index in [2.05, 4.69) is 30.4 Å². The van der Waals surface area contributed by atoms with Crippen LogP contribution in [0.25, 0.3) is 0 Å². The summed E-state index contributed by atoms with van der Waals surface area (Å²) in [5, 5.41) is 10.2. The summed E-state index contributed by atoms with van der Waals surface area (Å²) in [6.07, 6.45) is 4.93. The van der Waals surface area contributed by atoms with Gasteiger partial charge in [0.15, 0.2) is 5.82 Å². The summed E-state index contributed by atoms with van der Waals surface area (Å²) in [5.74, 6) is 0.996. The molecule has 0 atom stereocenters. The first-order chi connectivity index (χ1) is 10.2. The van der Waals surface area contributed by atoms with Gasteiger partial charge >= 0.3 is 0 Å². The van der Waals surface area contributed by atoms with E-state index in [4.69, 9.17) is 0 Å². The zero-order valence-corrected chi connectivity index (χ0v) is 11.9. The van der Waals surface area contributed by atoms with Crippen molar-refractivity contribution < 1.29 is 4.79 Å². The fourth-order valence-corrected chi connectivity index (χ4v) is 2.48. The Balaban J connectivity index is 1.53. The molecule has 1 aliphatic rings. The number of amides is 1. The SMILES string of the molecule is Cc1cc(N2CCC(NC(=O)c3ncccn3)CC2)n[nH]1. The second kappa shape index (κ2) is 5.90. The van der Waals surface area contributed by atoms with Crippen LogP contribution in [0.4, 0.5) is 5.82 Å². The van der Waals surface area contributed by atoms with Crippen molar-refractivity contribution in [1.29, 1.82) is 0 Å². The lowest BCUT2D eigenvalue weighted by molar-refractivity contribution is 0.0920. The van der Waals surface area contributed by atoms with Gasteiger partial charge in [0, 0.05) is 43.3 Å². The van der Waals surface area contributed by atoms with Gasteiger partial charge in [-0.1, -0.05) is 0 Å². The van der Waals surface area contributed by atoms with Crippen LogP contribution in [-0.4, -0.2) is 45.2 Å². The molecule has 0 aromatic carbocycles. The molecule has 0 radical (unpaired) electrons. The highest BCUT2D eigenvalue weighted by molar-refractivity contribution is 5.90. The average molecular weight is 286 g/mol. The maximum absolute atomic E-state index is 12.0. The van der Waals surface area contributed by atoms with Gasteiger partial charge in [-0.25, -0.2) is 9.97 Å². The number of nitrogens with zero attached hydrogens (tertiary/aromatic N) is 4. The molecule has 110 valence electrons. The molecule has 1 amide bonds. The molecule has 7 nitrogen and oxygen atoms in total. The van der Waals surface area contributed by atoms with E-state index in [1.807, 2.05) is 13.0 Å². The van der Waals surface area contributed by atoms with Crippen molar-refractivity contribution in [2.24, 2.45) is 0 Å². The van der Waals surface area contributed by atoms with Crippen LogP contribution in [0.2, 0.25) is 0 Å². The normalized spacial score (nSPS) is 16.0. The third-order valence-corrected chi connectivity index (χ3v) is 3.62. The largest absolute Gasteiger partial charge is 0.355 e. The fourth-order valence-electron chi connectivity index (χ4n) is 2.48. The molecule has 3 rings (SSSR count). The molecular weight excluding hydrogens is 268 g/mol. The first-order valence-corrected chi connectivity index (χ1v) is 7.07. The minimum atomic E-state index is -0.204. The van der Waals surface area contributed by atoms with E-state index in [9.17, 15) is 4.79 Å². The number of carbonyl (C=O) groups excluding carboxylic acids is 1. The Morgan fingerprint density at radius 2 is 2.05 bits per heavy atom. The van der Waals surface area contributed by atoms with Crippen molar-refractivity contribution in [3.05, 3.63) is 36.0 Å². The van der Waals surface area contributed by atoms with Gasteiger partial charge in [0.05, 0.1) is 0 Å². The molecule has 1 saturated heterocycles. The van der Waals surface area contributed by atoms with Crippen molar-refractivity contribution in [1.82, 2.24) is 25.5 Å². The fraction of sp³-hybridized carbons (Fsp3) is 0.429. The van der Waals surface area contributed by atoms with Gasteiger partial charge in [-0.15, -0.1) is 0 Å². The number of carbonyl (C=O) groups is 1. The zero-order valence-electron chi connectivity index (χ0n) is 11.9. The van der Waals surface area contributed by atoms with Gasteiger partial charge in [0.25, 0.3) is 5.91 Å². The van der Waals surface area contributed by atoms with Gasteiger partial charge in [-0.3, -0.25) is 9.89 Å². The van der Waals surface area contributed by atoms with Gasteiger partial charge in [-0.2, -0.15) is 5.10 Å². The number of hydrogen-bond acceptors (Lipinski definition) is 5. The van der Waals surface area contributed by atoms with Crippen molar-refractivity contribution in [3.63, 3.8) is 0 Å². The Morgan fingerprint density at radius 1 is 1.33 bits per heavy atom. The zero-order chi connectivity index (χ0) is 14.7. The lowest BCUT2D eigenvalue weighted by atomic mass is 10.1. The first-order valence-electron chi connectivity index (χ1n) is 7.07. The van der Waals surface area contributed by atoms with Gasteiger partial charge < -0.3 is 10.2 Å². The highest BCUT2D eigenvalue weighted by Gasteiger charge is 2.23. The maximum Gasteiger partial charge on any atom is 0.289 e. The Morgan fingerprint density at radius 3 is 2.67 bits per heavy atom. The van der Waals surface area contributed by atoms with Crippen molar-refractivity contribution in [2.45, 2.75) is 25.8 Å². The molecule has 0 saturated carbocycles. The number of H-pyrrole nitrogens is 1. The van der Waals surface area contributed by atoms with Crippen LogP contribution < -0.4 is 10.2 Å². The summed E-state index contributed by atoms with van der Waals surface area (Å²) in [4.78, 5) is 22.2. The Bertz CT molecular complexity index is 603. The predicted molar refractivity (Wildman–Crippen MR) is 78.1 cm³/mol. The second-order valence-electron chi connectivity index (χ2n) is 5.22. The summed E-state index contributed by atoms with van der Waals surface area (Å²) in [6.45, 7) is 3.75. The third-order valence-electron chi connectivity index (χ3n) is 3.62. The smallest absolute Gasteiger partial charge is 0.289 e. The molecule has 1 fully saturated rings. The molecule has 7 heteroatoms. The summed E-state index contributed by atoms with van der Waals surface area (Å²) in [5.41, 5.74) is 1.06. The van der Waals surface area contributed by atoms with Crippen molar-refractivity contribution in [3.8, 4) is 0 Å². The van der Waals surface area contributed by atoms with Gasteiger partial charge in [-0.05, 0) is 25.8 Å². The van der Waals surface area contributed by atoms with Crippen LogP contribution in [-0.2, 0) is 0 Å². The van der Waals surface area contributed by atoms with E-state index in [0.29, 0.717) is 0 Å². The minimum absolute atomic E-state index is 0.164. The Hall–Kier alpha value is -2.44. The first kappa shape index (κ1) is 13.5. The van der Waals surface area contributed by atoms with Crippen molar-refractivity contribution in [2.75, 3.05) is 18.0 Å². The quantitative estimate of drug-likeness (QED) is 0.875. The summed E-state index contributed by atoms with van der Waals surface area (Å²) < 4.78 is 0. The highest BCUT2D eigenvalue weighted by atomic mass is 16.2. The standard InChI is InChI=1S/C14H18N6O/c1-10-9-12(19-18-10)20-7-3-11(4-8-20)17-14(21)13-15-5-2-6-16-13/h2,5-6,9,11H,3-4,7-8H2,1H3,(H,17,21)(H,18,19). The number of anilines is 1. The molecule has 2 aromatic rings. The monoisotopic (exact) mass is 286 g/mol. The van der Waals surface area contributed by atoms with Crippen LogP contribution in [0.5, 0.6) is 0 Å². The molecule has 2 N–H and O–H groups in total. The number of rotatable bonds is 3. The van der Waals surface area contributed by atoms with E-state index in [-0.39, 0.29) is 17.8 Å². The van der Waals surface area contributed by atoms with Gasteiger partial charge in [0.1, 0.15) is 0 Å². The average Bonchev–Trinajstić information content (AvgIpc) is 2.95. The number of hydrogen-bond donors (Lipinski definition) is 2. The number of aromatic amines is 1. The summed E-state index contributed by atoms with van der Waals surface area (Å²) in [6, 6.07) is 3.90. The van der Waals surface area contributed by atoms with Crippen LogP contribution in [0.15, 0.2) is 24.5 Å². The number of aromatic nitrogens is 4. The minimum Gasteiger partial charge on any atom is -0.355 e. The second-order valence-corrected chi connectivity index (χ2v) is 5.22. The molecule has 3 heterocycles. The summed E-state index contributed by atoms with van der Waals surface area (Å²) in [7, 11) is 0. The van der Waals surface area contributed by atoms with Crippen LogP contribution >= 0.6 is 0 Å². The topological polar surface area (TPSA) is 86.8 Å². The molecule has 1 aliphatic heterocycles. The van der Waals surface area contributed by atoms with Crippen LogP contribution in [0.1, 0.15) is 29.2 Å². The molecule has 21 heavy (non-hydrogen) atoms. The third kappa shape index (κ3) is 3.18. The number of piperidine rings is 1. The maximum atomic E-state index is 12.0. The number of nitrogens with one attached hydrogen (secondary N) is 2. The van der Waals surface area contributed by atoms with Crippen molar-refractivity contribution >= 4 is 11.7 Å². The van der Waals surface area contributed by atoms with E-state index < -0.39 is 0 Å². The van der Waals surface area contributed by atoms with Crippen LogP contribution in [0, 0.1) is 6.92 Å². The lowest BCUT2D eigenvalue weighted by Crippen LogP contribution is -2.45. The Labute approximate surface area is 122 Å². The molecule has 0 unspecified atom stereocenters. The van der Waals surface area contributed by atoms with E-state index >= 15 is 0 Å². The molecular formula is C14H18N6O.